The highest BCUT2D eigenvalue weighted by molar-refractivity contribution is 9.10. The lowest BCUT2D eigenvalue weighted by Gasteiger charge is -2.14. The molecule has 0 aliphatic heterocycles. The number of hydrogen-bond acceptors (Lipinski definition) is 3. The average Bonchev–Trinajstić information content (AvgIpc) is 2.89. The number of carboxylic acids is 1. The molecule has 4 nitrogen and oxygen atoms in total. The third kappa shape index (κ3) is 2.41. The van der Waals surface area contributed by atoms with E-state index in [0.29, 0.717) is 6.42 Å². The van der Waals surface area contributed by atoms with Crippen molar-refractivity contribution in [3.05, 3.63) is 47.1 Å². The minimum Gasteiger partial charge on any atom is -0.481 e. The molecule has 2 N–H and O–H groups in total. The Kier molecular flexibility index (Phi) is 3.44. The van der Waals surface area contributed by atoms with Gasteiger partial charge in [-0.3, -0.25) is 4.79 Å². The standard InChI is InChI=1S/C15H13BrN2O2/c16-13-3-1-2-12-11(13)6-7-17-14(12)18-10-5-4-9(8-10)15(19)20/h1-7,9-10H,8H2,(H,17,18)(H,19,20). The number of carboxylic acid groups (broad SMARTS) is 1. The Hall–Kier alpha value is -1.88. The molecule has 3 rings (SSSR count). The molecule has 0 bridgehead atoms. The van der Waals surface area contributed by atoms with E-state index in [2.05, 4.69) is 26.2 Å². The van der Waals surface area contributed by atoms with Gasteiger partial charge in [-0.2, -0.15) is 0 Å². The number of aromatic nitrogens is 1. The molecule has 5 heteroatoms. The molecule has 0 spiro atoms. The Bertz CT molecular complexity index is 699. The van der Waals surface area contributed by atoms with Gasteiger partial charge in [0, 0.05) is 27.5 Å². The van der Waals surface area contributed by atoms with Gasteiger partial charge in [0.05, 0.1) is 5.92 Å². The number of benzene rings is 1. The summed E-state index contributed by atoms with van der Waals surface area (Å²) in [6.45, 7) is 0. The van der Waals surface area contributed by atoms with E-state index < -0.39 is 11.9 Å². The molecule has 2 unspecified atom stereocenters. The van der Waals surface area contributed by atoms with E-state index >= 15 is 0 Å². The van der Waals surface area contributed by atoms with Crippen LogP contribution in [0.4, 0.5) is 5.82 Å². The lowest BCUT2D eigenvalue weighted by Crippen LogP contribution is -2.19. The first-order chi connectivity index (χ1) is 9.65. The molecular weight excluding hydrogens is 320 g/mol. The van der Waals surface area contributed by atoms with Crippen molar-refractivity contribution in [2.24, 2.45) is 5.92 Å². The number of carbonyl (C=O) groups is 1. The first-order valence-corrected chi connectivity index (χ1v) is 7.15. The van der Waals surface area contributed by atoms with Crippen LogP contribution in [0.5, 0.6) is 0 Å². The smallest absolute Gasteiger partial charge is 0.310 e. The van der Waals surface area contributed by atoms with E-state index in [4.69, 9.17) is 5.11 Å². The molecule has 1 aromatic heterocycles. The Labute approximate surface area is 124 Å². The fraction of sp³-hybridized carbons (Fsp3) is 0.200. The lowest BCUT2D eigenvalue weighted by molar-refractivity contribution is -0.140. The Morgan fingerprint density at radius 2 is 2.15 bits per heavy atom. The van der Waals surface area contributed by atoms with Gasteiger partial charge >= 0.3 is 5.97 Å². The summed E-state index contributed by atoms with van der Waals surface area (Å²) in [5.74, 6) is -0.405. The number of nitrogens with zero attached hydrogens (tertiary/aromatic N) is 1. The van der Waals surface area contributed by atoms with E-state index in [1.54, 1.807) is 12.3 Å². The summed E-state index contributed by atoms with van der Waals surface area (Å²) >= 11 is 3.53. The van der Waals surface area contributed by atoms with E-state index in [9.17, 15) is 4.79 Å². The highest BCUT2D eigenvalue weighted by Crippen LogP contribution is 2.29. The topological polar surface area (TPSA) is 62.2 Å². The molecule has 102 valence electrons. The summed E-state index contributed by atoms with van der Waals surface area (Å²) in [5.41, 5.74) is 0. The van der Waals surface area contributed by atoms with Gasteiger partial charge in [-0.1, -0.05) is 40.2 Å². The van der Waals surface area contributed by atoms with Gasteiger partial charge in [0.15, 0.2) is 0 Å². The van der Waals surface area contributed by atoms with E-state index in [-0.39, 0.29) is 6.04 Å². The number of rotatable bonds is 3. The molecule has 1 aliphatic rings. The third-order valence-corrected chi connectivity index (χ3v) is 4.17. The molecular formula is C15H13BrN2O2. The van der Waals surface area contributed by atoms with Crippen LogP contribution in [0.2, 0.25) is 0 Å². The van der Waals surface area contributed by atoms with Crippen LogP contribution in [0.25, 0.3) is 10.8 Å². The zero-order chi connectivity index (χ0) is 14.1. The highest BCUT2D eigenvalue weighted by Gasteiger charge is 2.24. The molecule has 0 radical (unpaired) electrons. The summed E-state index contributed by atoms with van der Waals surface area (Å²) in [6.07, 6.45) is 5.95. The predicted molar refractivity (Wildman–Crippen MR) is 81.7 cm³/mol. The molecule has 0 saturated heterocycles. The Morgan fingerprint density at radius 1 is 1.30 bits per heavy atom. The van der Waals surface area contributed by atoms with Crippen LogP contribution in [0, 0.1) is 5.92 Å². The third-order valence-electron chi connectivity index (χ3n) is 3.48. The second kappa shape index (κ2) is 5.25. The molecule has 0 fully saturated rings. The summed E-state index contributed by atoms with van der Waals surface area (Å²) in [4.78, 5) is 15.3. The van der Waals surface area contributed by atoms with Crippen molar-refractivity contribution in [3.63, 3.8) is 0 Å². The lowest BCUT2D eigenvalue weighted by atomic mass is 10.1. The zero-order valence-corrected chi connectivity index (χ0v) is 12.2. The van der Waals surface area contributed by atoms with Crippen LogP contribution >= 0.6 is 15.9 Å². The van der Waals surface area contributed by atoms with Crippen LogP contribution < -0.4 is 5.32 Å². The SMILES string of the molecule is O=C(O)C1C=CC(Nc2nccc3c(Br)cccc23)C1. The summed E-state index contributed by atoms with van der Waals surface area (Å²) in [5, 5.41) is 14.4. The molecule has 1 heterocycles. The van der Waals surface area contributed by atoms with Crippen molar-refractivity contribution in [1.82, 2.24) is 4.98 Å². The van der Waals surface area contributed by atoms with Gasteiger partial charge in [-0.05, 0) is 18.6 Å². The first kappa shape index (κ1) is 13.1. The number of nitrogens with one attached hydrogen (secondary N) is 1. The molecule has 1 aliphatic carbocycles. The number of hydrogen-bond donors (Lipinski definition) is 2. The number of fused-ring (bicyclic) bond motifs is 1. The van der Waals surface area contributed by atoms with Crippen LogP contribution in [0.1, 0.15) is 6.42 Å². The second-order valence-corrected chi connectivity index (χ2v) is 5.67. The molecule has 1 aromatic carbocycles. The fourth-order valence-electron chi connectivity index (χ4n) is 2.45. The van der Waals surface area contributed by atoms with E-state index in [1.165, 1.54) is 0 Å². The zero-order valence-electron chi connectivity index (χ0n) is 10.6. The van der Waals surface area contributed by atoms with Gasteiger partial charge in [-0.15, -0.1) is 0 Å². The van der Waals surface area contributed by atoms with Crippen molar-refractivity contribution >= 4 is 38.5 Å². The minimum absolute atomic E-state index is 0.00758. The summed E-state index contributed by atoms with van der Waals surface area (Å²) in [7, 11) is 0. The quantitative estimate of drug-likeness (QED) is 0.845. The summed E-state index contributed by atoms with van der Waals surface area (Å²) in [6, 6.07) is 7.91. The van der Waals surface area contributed by atoms with Gasteiger partial charge in [0.25, 0.3) is 0 Å². The Balaban J connectivity index is 1.88. The van der Waals surface area contributed by atoms with Gasteiger partial charge in [-0.25, -0.2) is 4.98 Å². The van der Waals surface area contributed by atoms with Crippen molar-refractivity contribution in [2.75, 3.05) is 5.32 Å². The van der Waals surface area contributed by atoms with E-state index in [0.717, 1.165) is 21.1 Å². The van der Waals surface area contributed by atoms with Crippen LogP contribution in [-0.2, 0) is 4.79 Å². The summed E-state index contributed by atoms with van der Waals surface area (Å²) < 4.78 is 1.02. The highest BCUT2D eigenvalue weighted by atomic mass is 79.9. The van der Waals surface area contributed by atoms with Gasteiger partial charge in [0.2, 0.25) is 0 Å². The molecule has 2 atom stereocenters. The molecule has 0 amide bonds. The largest absolute Gasteiger partial charge is 0.481 e. The van der Waals surface area contributed by atoms with Crippen molar-refractivity contribution in [2.45, 2.75) is 12.5 Å². The molecule has 2 aromatic rings. The maximum atomic E-state index is 11.0. The van der Waals surface area contributed by atoms with Crippen LogP contribution in [0.15, 0.2) is 47.1 Å². The van der Waals surface area contributed by atoms with Crippen molar-refractivity contribution in [1.29, 1.82) is 0 Å². The van der Waals surface area contributed by atoms with E-state index in [1.807, 2.05) is 30.3 Å². The fourth-order valence-corrected chi connectivity index (χ4v) is 2.95. The Morgan fingerprint density at radius 3 is 2.90 bits per heavy atom. The van der Waals surface area contributed by atoms with Crippen molar-refractivity contribution < 1.29 is 9.90 Å². The first-order valence-electron chi connectivity index (χ1n) is 6.36. The van der Waals surface area contributed by atoms with Crippen LogP contribution in [0.3, 0.4) is 0 Å². The maximum Gasteiger partial charge on any atom is 0.310 e. The second-order valence-electron chi connectivity index (χ2n) is 4.81. The number of halogens is 1. The number of aliphatic carboxylic acids is 1. The predicted octanol–water partition coefficient (Wildman–Crippen LogP) is 3.44. The molecule has 0 saturated carbocycles. The number of anilines is 1. The van der Waals surface area contributed by atoms with Gasteiger partial charge in [0.1, 0.15) is 5.82 Å². The minimum atomic E-state index is -0.779. The van der Waals surface area contributed by atoms with Crippen molar-refractivity contribution in [3.8, 4) is 0 Å². The average molecular weight is 333 g/mol. The van der Waals surface area contributed by atoms with Gasteiger partial charge < -0.3 is 10.4 Å². The normalized spacial score (nSPS) is 21.2. The number of pyridine rings is 1. The monoisotopic (exact) mass is 332 g/mol. The molecule has 20 heavy (non-hydrogen) atoms. The maximum absolute atomic E-state index is 11.0. The van der Waals surface area contributed by atoms with Crippen LogP contribution in [-0.4, -0.2) is 22.1 Å².